The number of aryl methyl sites for hydroxylation is 1. The summed E-state index contributed by atoms with van der Waals surface area (Å²) in [6.45, 7) is 0.875. The summed E-state index contributed by atoms with van der Waals surface area (Å²) in [5.41, 5.74) is 4.17. The Morgan fingerprint density at radius 3 is 2.87 bits per heavy atom. The van der Waals surface area contributed by atoms with Crippen LogP contribution in [0.1, 0.15) is 23.2 Å². The lowest BCUT2D eigenvalue weighted by atomic mass is 10.2. The van der Waals surface area contributed by atoms with Gasteiger partial charge in [0.25, 0.3) is 0 Å². The van der Waals surface area contributed by atoms with E-state index < -0.39 is 5.82 Å². The maximum atomic E-state index is 14.7. The summed E-state index contributed by atoms with van der Waals surface area (Å²) in [7, 11) is 1.81. The molecule has 5 nitrogen and oxygen atoms in total. The van der Waals surface area contributed by atoms with Gasteiger partial charge in [-0.2, -0.15) is 0 Å². The van der Waals surface area contributed by atoms with Crippen molar-refractivity contribution in [1.82, 2.24) is 19.1 Å². The number of aromatic amines is 1. The monoisotopic (exact) mass is 420 g/mol. The van der Waals surface area contributed by atoms with Gasteiger partial charge >= 0.3 is 0 Å². The lowest BCUT2D eigenvalue weighted by Gasteiger charge is -2.11. The van der Waals surface area contributed by atoms with Gasteiger partial charge in [0.2, 0.25) is 0 Å². The Balaban J connectivity index is 1.68. The predicted molar refractivity (Wildman–Crippen MR) is 117 cm³/mol. The summed E-state index contributed by atoms with van der Waals surface area (Å²) in [5.74, 6) is 0.863. The van der Waals surface area contributed by atoms with Crippen molar-refractivity contribution < 1.29 is 9.18 Å². The van der Waals surface area contributed by atoms with Gasteiger partial charge in [0.15, 0.2) is 5.82 Å². The molecule has 7 heteroatoms. The minimum atomic E-state index is -0.445. The van der Waals surface area contributed by atoms with Crippen molar-refractivity contribution in [2.24, 2.45) is 13.0 Å². The number of hydrogen-bond acceptors (Lipinski definition) is 2. The van der Waals surface area contributed by atoms with Gasteiger partial charge < -0.3 is 14.1 Å². The SMILES string of the molecule is Cn1c(-c2cc3ccc4c(Cl)c[nH]c4c3n2CC2CC2)nc2cc(C=O)cc(F)c21. The third-order valence-electron chi connectivity index (χ3n) is 6.11. The molecule has 6 rings (SSSR count). The van der Waals surface area contributed by atoms with E-state index in [0.29, 0.717) is 34.1 Å². The van der Waals surface area contributed by atoms with E-state index >= 15 is 0 Å². The molecule has 1 N–H and O–H groups in total. The van der Waals surface area contributed by atoms with Crippen molar-refractivity contribution in [2.45, 2.75) is 19.4 Å². The molecule has 150 valence electrons. The van der Waals surface area contributed by atoms with E-state index in [1.165, 1.54) is 18.9 Å². The summed E-state index contributed by atoms with van der Waals surface area (Å²) in [5, 5.41) is 2.76. The molecule has 0 bridgehead atoms. The fourth-order valence-electron chi connectivity index (χ4n) is 4.47. The van der Waals surface area contributed by atoms with Gasteiger partial charge in [-0.3, -0.25) is 4.79 Å². The van der Waals surface area contributed by atoms with Crippen LogP contribution in [-0.2, 0) is 13.6 Å². The molecule has 0 unspecified atom stereocenters. The number of benzene rings is 2. The van der Waals surface area contributed by atoms with Crippen LogP contribution in [0, 0.1) is 11.7 Å². The minimum Gasteiger partial charge on any atom is -0.358 e. The minimum absolute atomic E-state index is 0.283. The molecule has 0 amide bonds. The van der Waals surface area contributed by atoms with E-state index in [0.717, 1.165) is 34.0 Å². The van der Waals surface area contributed by atoms with E-state index in [1.807, 2.05) is 19.3 Å². The maximum absolute atomic E-state index is 14.7. The zero-order valence-corrected chi connectivity index (χ0v) is 17.0. The van der Waals surface area contributed by atoms with Gasteiger partial charge in [-0.05, 0) is 37.0 Å². The van der Waals surface area contributed by atoms with E-state index in [1.54, 1.807) is 10.6 Å². The van der Waals surface area contributed by atoms with Crippen LogP contribution in [0.4, 0.5) is 4.39 Å². The van der Waals surface area contributed by atoms with Crippen LogP contribution in [0.15, 0.2) is 36.5 Å². The van der Waals surface area contributed by atoms with Crippen molar-refractivity contribution in [3.63, 3.8) is 0 Å². The van der Waals surface area contributed by atoms with Gasteiger partial charge in [-0.1, -0.05) is 23.7 Å². The average Bonchev–Trinajstić information content (AvgIpc) is 3.24. The van der Waals surface area contributed by atoms with Crippen molar-refractivity contribution >= 4 is 50.7 Å². The maximum Gasteiger partial charge on any atom is 0.157 e. The molecule has 0 aliphatic heterocycles. The first-order chi connectivity index (χ1) is 14.5. The highest BCUT2D eigenvalue weighted by Crippen LogP contribution is 2.39. The number of aldehydes is 1. The number of H-pyrrole nitrogens is 1. The topological polar surface area (TPSA) is 55.6 Å². The summed E-state index contributed by atoms with van der Waals surface area (Å²) >= 11 is 6.36. The number of nitrogens with one attached hydrogen (secondary N) is 1. The van der Waals surface area contributed by atoms with Gasteiger partial charge in [-0.25, -0.2) is 9.37 Å². The first-order valence-corrected chi connectivity index (χ1v) is 10.3. The Morgan fingerprint density at radius 1 is 1.27 bits per heavy atom. The highest BCUT2D eigenvalue weighted by Gasteiger charge is 2.27. The third-order valence-corrected chi connectivity index (χ3v) is 6.42. The molecule has 3 aromatic heterocycles. The Labute approximate surface area is 176 Å². The lowest BCUT2D eigenvalue weighted by molar-refractivity contribution is 0.112. The van der Waals surface area contributed by atoms with Gasteiger partial charge in [-0.15, -0.1) is 0 Å². The highest BCUT2D eigenvalue weighted by atomic mass is 35.5. The Bertz CT molecular complexity index is 1490. The molecule has 30 heavy (non-hydrogen) atoms. The zero-order chi connectivity index (χ0) is 20.6. The van der Waals surface area contributed by atoms with Crippen molar-refractivity contribution in [2.75, 3.05) is 0 Å². The molecule has 3 heterocycles. The van der Waals surface area contributed by atoms with E-state index in [4.69, 9.17) is 16.6 Å². The second kappa shape index (κ2) is 6.19. The van der Waals surface area contributed by atoms with Crippen LogP contribution < -0.4 is 0 Å². The molecule has 1 saturated carbocycles. The Hall–Kier alpha value is -3.12. The molecule has 2 aromatic carbocycles. The fourth-order valence-corrected chi connectivity index (χ4v) is 4.68. The first-order valence-electron chi connectivity index (χ1n) is 9.95. The Morgan fingerprint density at radius 2 is 2.10 bits per heavy atom. The summed E-state index contributed by atoms with van der Waals surface area (Å²) in [4.78, 5) is 19.2. The summed E-state index contributed by atoms with van der Waals surface area (Å²) < 4.78 is 18.8. The second-order valence-corrected chi connectivity index (χ2v) is 8.54. The number of halogens is 2. The third kappa shape index (κ3) is 2.46. The van der Waals surface area contributed by atoms with Crippen LogP contribution in [0.3, 0.4) is 0 Å². The van der Waals surface area contributed by atoms with Gasteiger partial charge in [0.1, 0.15) is 17.6 Å². The summed E-state index contributed by atoms with van der Waals surface area (Å²) in [6, 6.07) is 9.08. The molecule has 1 aliphatic rings. The first kappa shape index (κ1) is 17.7. The molecule has 5 aromatic rings. The van der Waals surface area contributed by atoms with Gasteiger partial charge in [0, 0.05) is 36.1 Å². The van der Waals surface area contributed by atoms with Crippen LogP contribution in [0.5, 0.6) is 0 Å². The lowest BCUT2D eigenvalue weighted by Crippen LogP contribution is -2.05. The predicted octanol–water partition coefficient (Wildman–Crippen LogP) is 5.69. The van der Waals surface area contributed by atoms with E-state index in [2.05, 4.69) is 21.7 Å². The van der Waals surface area contributed by atoms with Crippen LogP contribution in [-0.4, -0.2) is 25.4 Å². The molecule has 0 saturated heterocycles. The number of fused-ring (bicyclic) bond motifs is 4. The molecule has 1 aliphatic carbocycles. The molecule has 0 atom stereocenters. The second-order valence-electron chi connectivity index (χ2n) is 8.13. The molecule has 0 radical (unpaired) electrons. The molecular weight excluding hydrogens is 403 g/mol. The van der Waals surface area contributed by atoms with Crippen LogP contribution in [0.25, 0.3) is 44.4 Å². The number of aromatic nitrogens is 4. The van der Waals surface area contributed by atoms with Crippen molar-refractivity contribution in [1.29, 1.82) is 0 Å². The standard InChI is InChI=1S/C23H18ClFN4O/c1-28-22-17(25)6-13(11-30)7-18(22)27-23(28)19-8-14-4-5-15-16(24)9-26-20(15)21(14)29(19)10-12-2-3-12/h4-9,11-12,26H,2-3,10H2,1H3. The number of rotatable bonds is 4. The largest absolute Gasteiger partial charge is 0.358 e. The van der Waals surface area contributed by atoms with Crippen LogP contribution in [0.2, 0.25) is 5.02 Å². The van der Waals surface area contributed by atoms with Crippen LogP contribution >= 0.6 is 11.6 Å². The van der Waals surface area contributed by atoms with Crippen molar-refractivity contribution in [3.05, 3.63) is 52.9 Å². The average molecular weight is 421 g/mol. The fraction of sp³-hybridized carbons (Fsp3) is 0.217. The number of nitrogens with zero attached hydrogens (tertiary/aromatic N) is 3. The highest BCUT2D eigenvalue weighted by molar-refractivity contribution is 6.36. The smallest absolute Gasteiger partial charge is 0.157 e. The molecule has 1 fully saturated rings. The number of imidazole rings is 1. The normalized spacial score (nSPS) is 14.4. The van der Waals surface area contributed by atoms with E-state index in [-0.39, 0.29) is 5.56 Å². The quantitative estimate of drug-likeness (QED) is 0.379. The Kier molecular flexibility index (Phi) is 3.65. The van der Waals surface area contributed by atoms with E-state index in [9.17, 15) is 9.18 Å². The number of hydrogen-bond donors (Lipinski definition) is 1. The molecular formula is C23H18ClFN4O. The number of carbonyl (C=O) groups is 1. The molecule has 0 spiro atoms. The van der Waals surface area contributed by atoms with Crippen molar-refractivity contribution in [3.8, 4) is 11.5 Å². The van der Waals surface area contributed by atoms with Gasteiger partial charge in [0.05, 0.1) is 27.3 Å². The zero-order valence-electron chi connectivity index (χ0n) is 16.2. The summed E-state index contributed by atoms with van der Waals surface area (Å²) in [6.07, 6.45) is 4.87. The number of carbonyl (C=O) groups excluding carboxylic acids is 1.